The summed E-state index contributed by atoms with van der Waals surface area (Å²) in [6.45, 7) is 8.07. The molecule has 0 fully saturated rings. The van der Waals surface area contributed by atoms with Crippen LogP contribution in [0, 0.1) is 0 Å². The predicted octanol–water partition coefficient (Wildman–Crippen LogP) is 2.30. The van der Waals surface area contributed by atoms with Crippen LogP contribution in [0.1, 0.15) is 13.8 Å². The van der Waals surface area contributed by atoms with Gasteiger partial charge in [0.25, 0.3) is 0 Å². The molecule has 0 aromatic carbocycles. The Morgan fingerprint density at radius 2 is 1.90 bits per heavy atom. The molecule has 0 aromatic rings. The summed E-state index contributed by atoms with van der Waals surface area (Å²) in [7, 11) is 2.02. The van der Waals surface area contributed by atoms with Gasteiger partial charge in [0.15, 0.2) is 0 Å². The minimum Gasteiger partial charge on any atom is -0.349 e. The minimum atomic E-state index is 1.07. The number of hydrogen-bond acceptors (Lipinski definition) is 1. The van der Waals surface area contributed by atoms with Crippen LogP contribution in [0.3, 0.4) is 0 Å². The van der Waals surface area contributed by atoms with Crippen LogP contribution in [-0.4, -0.2) is 11.9 Å². The van der Waals surface area contributed by atoms with Gasteiger partial charge < -0.3 is 4.90 Å². The summed E-state index contributed by atoms with van der Waals surface area (Å²) in [4.78, 5) is 2.08. The van der Waals surface area contributed by atoms with Gasteiger partial charge >= 0.3 is 0 Å². The molecule has 54 valence electrons. The minimum absolute atomic E-state index is 1.07. The molecule has 0 amide bonds. The molecule has 0 spiro atoms. The maximum atomic E-state index is 3.90. The first kappa shape index (κ1) is 7.13. The zero-order chi connectivity index (χ0) is 7.72. The molecule has 1 nitrogen and oxygen atoms in total. The summed E-state index contributed by atoms with van der Waals surface area (Å²) in [5.74, 6) is 0. The second kappa shape index (κ2) is 2.33. The van der Waals surface area contributed by atoms with Gasteiger partial charge in [-0.15, -0.1) is 0 Å². The first-order valence-electron chi connectivity index (χ1n) is 3.40. The lowest BCUT2D eigenvalue weighted by Crippen LogP contribution is -2.16. The van der Waals surface area contributed by atoms with Crippen molar-refractivity contribution in [3.8, 4) is 0 Å². The molecule has 0 N–H and O–H groups in total. The summed E-state index contributed by atoms with van der Waals surface area (Å²) in [6, 6.07) is 0. The van der Waals surface area contributed by atoms with E-state index in [0.29, 0.717) is 0 Å². The van der Waals surface area contributed by atoms with E-state index in [2.05, 4.69) is 37.5 Å². The highest BCUT2D eigenvalue weighted by atomic mass is 15.1. The second-order valence-electron chi connectivity index (χ2n) is 2.72. The van der Waals surface area contributed by atoms with E-state index in [0.717, 1.165) is 5.70 Å². The fraction of sp³-hybridized carbons (Fsp3) is 0.333. The van der Waals surface area contributed by atoms with Crippen molar-refractivity contribution in [2.45, 2.75) is 13.8 Å². The van der Waals surface area contributed by atoms with E-state index >= 15 is 0 Å². The summed E-state index contributed by atoms with van der Waals surface area (Å²) in [5.41, 5.74) is 3.60. The Balaban J connectivity index is 2.95. The number of likely N-dealkylation sites (N-methyl/N-ethyl adjacent to an activating group) is 1. The van der Waals surface area contributed by atoms with Crippen molar-refractivity contribution in [2.75, 3.05) is 7.05 Å². The molecule has 0 saturated carbocycles. The van der Waals surface area contributed by atoms with E-state index in [-0.39, 0.29) is 0 Å². The van der Waals surface area contributed by atoms with Crippen molar-refractivity contribution in [3.63, 3.8) is 0 Å². The Morgan fingerprint density at radius 3 is 2.40 bits per heavy atom. The third kappa shape index (κ3) is 1.13. The van der Waals surface area contributed by atoms with Crippen molar-refractivity contribution in [2.24, 2.45) is 0 Å². The number of allylic oxidation sites excluding steroid dienone is 4. The van der Waals surface area contributed by atoms with Gasteiger partial charge in [-0.3, -0.25) is 0 Å². The lowest BCUT2D eigenvalue weighted by molar-refractivity contribution is 0.532. The number of nitrogens with zero attached hydrogens (tertiary/aromatic N) is 1. The first-order chi connectivity index (χ1) is 4.61. The van der Waals surface area contributed by atoms with E-state index in [4.69, 9.17) is 0 Å². The van der Waals surface area contributed by atoms with Crippen LogP contribution >= 0.6 is 0 Å². The largest absolute Gasteiger partial charge is 0.349 e. The Morgan fingerprint density at radius 1 is 1.30 bits per heavy atom. The lowest BCUT2D eigenvalue weighted by Gasteiger charge is -2.24. The molecule has 1 rings (SSSR count). The average Bonchev–Trinajstić information content (AvgIpc) is 1.82. The Bertz CT molecular complexity index is 221. The molecule has 0 radical (unpaired) electrons. The smallest absolute Gasteiger partial charge is 0.0335 e. The van der Waals surface area contributed by atoms with E-state index in [1.54, 1.807) is 0 Å². The van der Waals surface area contributed by atoms with Gasteiger partial charge in [-0.05, 0) is 31.6 Å². The van der Waals surface area contributed by atoms with Crippen LogP contribution in [0.2, 0.25) is 0 Å². The molecule has 1 aliphatic heterocycles. The number of rotatable bonds is 0. The summed E-state index contributed by atoms with van der Waals surface area (Å²) in [6.07, 6.45) is 4.22. The van der Waals surface area contributed by atoms with Crippen molar-refractivity contribution in [1.29, 1.82) is 0 Å². The van der Waals surface area contributed by atoms with Gasteiger partial charge in [0.2, 0.25) is 0 Å². The van der Waals surface area contributed by atoms with Crippen LogP contribution in [-0.2, 0) is 0 Å². The molecular formula is C9H13N. The molecule has 0 bridgehead atoms. The Kier molecular flexibility index (Phi) is 1.66. The second-order valence-corrected chi connectivity index (χ2v) is 2.72. The van der Waals surface area contributed by atoms with E-state index < -0.39 is 0 Å². The average molecular weight is 135 g/mol. The maximum Gasteiger partial charge on any atom is 0.0335 e. The van der Waals surface area contributed by atoms with E-state index in [1.165, 1.54) is 11.3 Å². The van der Waals surface area contributed by atoms with Crippen LogP contribution in [0.25, 0.3) is 0 Å². The molecular weight excluding hydrogens is 122 g/mol. The highest BCUT2D eigenvalue weighted by Crippen LogP contribution is 2.18. The quantitative estimate of drug-likeness (QED) is 0.492. The van der Waals surface area contributed by atoms with Crippen molar-refractivity contribution < 1.29 is 0 Å². The fourth-order valence-corrected chi connectivity index (χ4v) is 1.05. The van der Waals surface area contributed by atoms with Crippen molar-refractivity contribution >= 4 is 0 Å². The third-order valence-electron chi connectivity index (χ3n) is 1.79. The van der Waals surface area contributed by atoms with Crippen LogP contribution in [0.5, 0.6) is 0 Å². The lowest BCUT2D eigenvalue weighted by atomic mass is 10.1. The van der Waals surface area contributed by atoms with Gasteiger partial charge in [-0.1, -0.05) is 6.58 Å². The van der Waals surface area contributed by atoms with Crippen LogP contribution < -0.4 is 0 Å². The fourth-order valence-electron chi connectivity index (χ4n) is 1.05. The summed E-state index contributed by atoms with van der Waals surface area (Å²) in [5, 5.41) is 0. The van der Waals surface area contributed by atoms with Crippen molar-refractivity contribution in [3.05, 3.63) is 35.7 Å². The standard InChI is InChI=1S/C9H13N/c1-7-5-8(2)10(4)9(3)6-7/h5-6H,2H2,1,3-4H3. The van der Waals surface area contributed by atoms with Gasteiger partial charge in [0.1, 0.15) is 0 Å². The predicted molar refractivity (Wildman–Crippen MR) is 44.4 cm³/mol. The van der Waals surface area contributed by atoms with Crippen molar-refractivity contribution in [1.82, 2.24) is 4.90 Å². The molecule has 1 aliphatic rings. The first-order valence-corrected chi connectivity index (χ1v) is 3.40. The van der Waals surface area contributed by atoms with E-state index in [9.17, 15) is 0 Å². The SMILES string of the molecule is C=C1C=C(C)C=C(C)N1C. The van der Waals surface area contributed by atoms with Crippen LogP contribution in [0.15, 0.2) is 35.7 Å². The van der Waals surface area contributed by atoms with Crippen LogP contribution in [0.4, 0.5) is 0 Å². The molecule has 1 heteroatoms. The molecule has 1 heterocycles. The number of hydrogen-bond donors (Lipinski definition) is 0. The molecule has 10 heavy (non-hydrogen) atoms. The summed E-state index contributed by atoms with van der Waals surface area (Å²) >= 11 is 0. The molecule has 0 unspecified atom stereocenters. The van der Waals surface area contributed by atoms with E-state index in [1.807, 2.05) is 7.05 Å². The third-order valence-corrected chi connectivity index (χ3v) is 1.79. The highest BCUT2D eigenvalue weighted by molar-refractivity contribution is 5.35. The highest BCUT2D eigenvalue weighted by Gasteiger charge is 2.05. The molecule has 0 aromatic heterocycles. The molecule has 0 aliphatic carbocycles. The summed E-state index contributed by atoms with van der Waals surface area (Å²) < 4.78 is 0. The maximum absolute atomic E-state index is 3.90. The van der Waals surface area contributed by atoms with Gasteiger partial charge in [-0.25, -0.2) is 0 Å². The van der Waals surface area contributed by atoms with Gasteiger partial charge in [0, 0.05) is 18.4 Å². The monoisotopic (exact) mass is 135 g/mol. The molecule has 0 saturated heterocycles. The van der Waals surface area contributed by atoms with Gasteiger partial charge in [0.05, 0.1) is 0 Å². The molecule has 0 atom stereocenters. The zero-order valence-corrected chi connectivity index (χ0v) is 6.81. The van der Waals surface area contributed by atoms with Gasteiger partial charge in [-0.2, -0.15) is 0 Å². The Labute approximate surface area is 62.3 Å². The zero-order valence-electron chi connectivity index (χ0n) is 6.81. The Hall–Kier alpha value is -0.980. The topological polar surface area (TPSA) is 3.24 Å². The normalized spacial score (nSPS) is 18.7.